The predicted octanol–water partition coefficient (Wildman–Crippen LogP) is 3.48. The summed E-state index contributed by atoms with van der Waals surface area (Å²) in [6, 6.07) is 13.5. The number of carbonyl (C=O) groups is 2. The van der Waals surface area contributed by atoms with Gasteiger partial charge in [-0.15, -0.1) is 0 Å². The van der Waals surface area contributed by atoms with Crippen LogP contribution in [0.25, 0.3) is 0 Å². The van der Waals surface area contributed by atoms with Gasteiger partial charge in [-0.2, -0.15) is 0 Å². The first-order chi connectivity index (χ1) is 11.0. The zero-order valence-electron chi connectivity index (χ0n) is 13.2. The second-order valence-electron chi connectivity index (χ2n) is 5.36. The van der Waals surface area contributed by atoms with Crippen LogP contribution < -0.4 is 10.6 Å². The van der Waals surface area contributed by atoms with Crippen molar-refractivity contribution in [3.8, 4) is 5.75 Å². The van der Waals surface area contributed by atoms with Gasteiger partial charge >= 0.3 is 11.8 Å². The highest BCUT2D eigenvalue weighted by molar-refractivity contribution is 6.43. The molecule has 2 amide bonds. The molecule has 0 aliphatic heterocycles. The summed E-state index contributed by atoms with van der Waals surface area (Å²) >= 11 is 0. The molecule has 0 heterocycles. The van der Waals surface area contributed by atoms with Gasteiger partial charge < -0.3 is 15.7 Å². The predicted molar refractivity (Wildman–Crippen MR) is 90.5 cm³/mol. The van der Waals surface area contributed by atoms with Crippen LogP contribution in [0, 0.1) is 0 Å². The zero-order valence-corrected chi connectivity index (χ0v) is 13.2. The van der Waals surface area contributed by atoms with Gasteiger partial charge in [0.15, 0.2) is 0 Å². The fourth-order valence-electron chi connectivity index (χ4n) is 2.21. The van der Waals surface area contributed by atoms with Crippen molar-refractivity contribution in [3.05, 3.63) is 54.1 Å². The van der Waals surface area contributed by atoms with E-state index >= 15 is 0 Å². The third-order valence-electron chi connectivity index (χ3n) is 3.66. The summed E-state index contributed by atoms with van der Waals surface area (Å²) in [5, 5.41) is 14.5. The largest absolute Gasteiger partial charge is 0.508 e. The zero-order chi connectivity index (χ0) is 16.8. The van der Waals surface area contributed by atoms with E-state index in [-0.39, 0.29) is 11.7 Å². The van der Waals surface area contributed by atoms with Gasteiger partial charge in [0.2, 0.25) is 0 Å². The normalized spacial score (nSPS) is 11.6. The molecule has 5 nitrogen and oxygen atoms in total. The molecule has 0 aliphatic carbocycles. The Bertz CT molecular complexity index is 713. The number of amides is 2. The minimum Gasteiger partial charge on any atom is -0.508 e. The summed E-state index contributed by atoms with van der Waals surface area (Å²) in [6.45, 7) is 4.13. The van der Waals surface area contributed by atoms with Crippen LogP contribution in [-0.2, 0) is 9.59 Å². The van der Waals surface area contributed by atoms with Crippen molar-refractivity contribution in [1.29, 1.82) is 0 Å². The molecule has 0 saturated carbocycles. The molecule has 0 fully saturated rings. The molecule has 120 valence electrons. The van der Waals surface area contributed by atoms with Crippen molar-refractivity contribution in [3.63, 3.8) is 0 Å². The number of hydrogen-bond donors (Lipinski definition) is 3. The molecule has 3 N–H and O–H groups in total. The number of nitrogens with one attached hydrogen (secondary N) is 2. The lowest BCUT2D eigenvalue weighted by molar-refractivity contribution is -0.133. The molecule has 2 aromatic rings. The number of benzene rings is 2. The molecule has 23 heavy (non-hydrogen) atoms. The van der Waals surface area contributed by atoms with Crippen LogP contribution in [-0.4, -0.2) is 16.9 Å². The van der Waals surface area contributed by atoms with Gasteiger partial charge in [-0.3, -0.25) is 9.59 Å². The number of phenolic OH excluding ortho intramolecular Hbond substituents is 1. The van der Waals surface area contributed by atoms with Crippen molar-refractivity contribution >= 4 is 23.2 Å². The van der Waals surface area contributed by atoms with Gasteiger partial charge in [-0.1, -0.05) is 38.1 Å². The summed E-state index contributed by atoms with van der Waals surface area (Å²) in [5.41, 5.74) is 1.99. The molecule has 2 aromatic carbocycles. The highest BCUT2D eigenvalue weighted by Crippen LogP contribution is 2.26. The quantitative estimate of drug-likeness (QED) is 0.756. The molecular weight excluding hydrogens is 292 g/mol. The number of phenols is 1. The van der Waals surface area contributed by atoms with Gasteiger partial charge in [0.1, 0.15) is 5.75 Å². The number of para-hydroxylation sites is 1. The highest BCUT2D eigenvalue weighted by Gasteiger charge is 2.17. The van der Waals surface area contributed by atoms with Crippen molar-refractivity contribution in [2.45, 2.75) is 26.2 Å². The average molecular weight is 312 g/mol. The second-order valence-corrected chi connectivity index (χ2v) is 5.36. The fraction of sp³-hybridized carbons (Fsp3) is 0.222. The Morgan fingerprint density at radius 2 is 1.74 bits per heavy atom. The number of aromatic hydroxyl groups is 1. The van der Waals surface area contributed by atoms with Gasteiger partial charge in [0.25, 0.3) is 0 Å². The number of anilines is 2. The molecule has 0 bridgehead atoms. The molecule has 0 aromatic heterocycles. The smallest absolute Gasteiger partial charge is 0.314 e. The van der Waals surface area contributed by atoms with Crippen molar-refractivity contribution in [2.24, 2.45) is 0 Å². The van der Waals surface area contributed by atoms with E-state index in [0.29, 0.717) is 11.4 Å². The second kappa shape index (κ2) is 7.45. The van der Waals surface area contributed by atoms with Crippen LogP contribution >= 0.6 is 0 Å². The highest BCUT2D eigenvalue weighted by atomic mass is 16.3. The van der Waals surface area contributed by atoms with E-state index in [1.54, 1.807) is 18.2 Å². The molecule has 1 unspecified atom stereocenters. The molecule has 0 spiro atoms. The molecule has 1 atom stereocenters. The molecule has 2 rings (SSSR count). The van der Waals surface area contributed by atoms with Crippen molar-refractivity contribution in [2.75, 3.05) is 10.6 Å². The Hall–Kier alpha value is -2.82. The molecule has 0 saturated heterocycles. The summed E-state index contributed by atoms with van der Waals surface area (Å²) in [6.07, 6.45) is 0.933. The maximum absolute atomic E-state index is 12.1. The van der Waals surface area contributed by atoms with Crippen LogP contribution in [0.3, 0.4) is 0 Å². The number of carbonyl (C=O) groups excluding carboxylic acids is 2. The maximum Gasteiger partial charge on any atom is 0.314 e. The topological polar surface area (TPSA) is 78.4 Å². The monoisotopic (exact) mass is 312 g/mol. The Morgan fingerprint density at radius 1 is 1.04 bits per heavy atom. The van der Waals surface area contributed by atoms with E-state index in [0.717, 1.165) is 12.0 Å². The third-order valence-corrected chi connectivity index (χ3v) is 3.66. The van der Waals surface area contributed by atoms with Gasteiger partial charge in [-0.05, 0) is 36.1 Å². The van der Waals surface area contributed by atoms with Crippen LogP contribution in [0.1, 0.15) is 31.7 Å². The lowest BCUT2D eigenvalue weighted by atomic mass is 9.97. The molecular formula is C18H20N2O3. The summed E-state index contributed by atoms with van der Waals surface area (Å²) < 4.78 is 0. The minimum absolute atomic E-state index is 0.0188. The van der Waals surface area contributed by atoms with Crippen LogP contribution in [0.5, 0.6) is 5.75 Å². The Balaban J connectivity index is 2.08. The van der Waals surface area contributed by atoms with Gasteiger partial charge in [0, 0.05) is 17.4 Å². The van der Waals surface area contributed by atoms with E-state index in [4.69, 9.17) is 0 Å². The fourth-order valence-corrected chi connectivity index (χ4v) is 2.21. The SMILES string of the molecule is CCC(C)c1ccccc1NC(=O)C(=O)Nc1cccc(O)c1. The first kappa shape index (κ1) is 16.5. The minimum atomic E-state index is -0.783. The summed E-state index contributed by atoms with van der Waals surface area (Å²) in [7, 11) is 0. The summed E-state index contributed by atoms with van der Waals surface area (Å²) in [5.74, 6) is -1.23. The number of hydrogen-bond acceptors (Lipinski definition) is 3. The first-order valence-corrected chi connectivity index (χ1v) is 7.51. The van der Waals surface area contributed by atoms with E-state index < -0.39 is 11.8 Å². The standard InChI is InChI=1S/C18H20N2O3/c1-3-12(2)15-9-4-5-10-16(15)20-18(23)17(22)19-13-7-6-8-14(21)11-13/h4-12,21H,3H2,1-2H3,(H,19,22)(H,20,23). The van der Waals surface area contributed by atoms with Crippen LogP contribution in [0.4, 0.5) is 11.4 Å². The van der Waals surface area contributed by atoms with Gasteiger partial charge in [-0.25, -0.2) is 0 Å². The molecule has 0 aliphatic rings. The number of rotatable bonds is 4. The van der Waals surface area contributed by atoms with E-state index in [9.17, 15) is 14.7 Å². The van der Waals surface area contributed by atoms with E-state index in [1.807, 2.05) is 18.2 Å². The van der Waals surface area contributed by atoms with Crippen LogP contribution in [0.15, 0.2) is 48.5 Å². The Kier molecular flexibility index (Phi) is 5.36. The molecule has 5 heteroatoms. The summed E-state index contributed by atoms with van der Waals surface area (Å²) in [4.78, 5) is 24.1. The lowest BCUT2D eigenvalue weighted by Crippen LogP contribution is -2.29. The van der Waals surface area contributed by atoms with E-state index in [1.165, 1.54) is 12.1 Å². The Morgan fingerprint density at radius 3 is 2.43 bits per heavy atom. The van der Waals surface area contributed by atoms with Gasteiger partial charge in [0.05, 0.1) is 0 Å². The van der Waals surface area contributed by atoms with Crippen molar-refractivity contribution in [1.82, 2.24) is 0 Å². The van der Waals surface area contributed by atoms with Crippen molar-refractivity contribution < 1.29 is 14.7 Å². The Labute approximate surface area is 135 Å². The molecule has 0 radical (unpaired) electrons. The van der Waals surface area contributed by atoms with Crippen LogP contribution in [0.2, 0.25) is 0 Å². The third kappa shape index (κ3) is 4.32. The average Bonchev–Trinajstić information content (AvgIpc) is 2.54. The van der Waals surface area contributed by atoms with E-state index in [2.05, 4.69) is 24.5 Å². The first-order valence-electron chi connectivity index (χ1n) is 7.51. The maximum atomic E-state index is 12.1. The lowest BCUT2D eigenvalue weighted by Gasteiger charge is -2.15.